The third kappa shape index (κ3) is 4.40. The lowest BCUT2D eigenvalue weighted by molar-refractivity contribution is -0.137. The van der Waals surface area contributed by atoms with Crippen molar-refractivity contribution >= 4 is 0 Å². The lowest BCUT2D eigenvalue weighted by Crippen LogP contribution is -2.21. The standard InChI is InChI=1S/C22H22F3N7/c1-15-20(16(2)31(27-15)18-7-5-4-6-8-18)13-30(3)14-21-26-28-29-32(21)19-11-9-17(10-12-19)22(23,24)25/h4-12H,13-14H2,1-3H3. The minimum absolute atomic E-state index is 0.406. The third-order valence-corrected chi connectivity index (χ3v) is 5.25. The van der Waals surface area contributed by atoms with E-state index in [1.807, 2.05) is 60.8 Å². The van der Waals surface area contributed by atoms with Gasteiger partial charge in [-0.1, -0.05) is 18.2 Å². The van der Waals surface area contributed by atoms with Gasteiger partial charge in [-0.15, -0.1) is 5.10 Å². The zero-order valence-electron chi connectivity index (χ0n) is 17.9. The van der Waals surface area contributed by atoms with Gasteiger partial charge in [-0.05, 0) is 67.7 Å². The monoisotopic (exact) mass is 441 g/mol. The van der Waals surface area contributed by atoms with Gasteiger partial charge in [0.1, 0.15) is 0 Å². The predicted octanol–water partition coefficient (Wildman–Crippen LogP) is 4.12. The number of alkyl halides is 3. The molecule has 4 aromatic rings. The number of tetrazole rings is 1. The molecule has 7 nitrogen and oxygen atoms in total. The van der Waals surface area contributed by atoms with E-state index in [-0.39, 0.29) is 0 Å². The van der Waals surface area contributed by atoms with Crippen molar-refractivity contribution in [3.05, 3.63) is 82.9 Å². The zero-order chi connectivity index (χ0) is 22.9. The molecule has 0 aliphatic heterocycles. The summed E-state index contributed by atoms with van der Waals surface area (Å²) in [5, 5.41) is 16.4. The van der Waals surface area contributed by atoms with E-state index in [1.54, 1.807) is 0 Å². The summed E-state index contributed by atoms with van der Waals surface area (Å²) in [6, 6.07) is 14.7. The molecular formula is C22H22F3N7. The van der Waals surface area contributed by atoms with Gasteiger partial charge >= 0.3 is 6.18 Å². The van der Waals surface area contributed by atoms with Crippen LogP contribution in [-0.2, 0) is 19.3 Å². The number of rotatable bonds is 6. The summed E-state index contributed by atoms with van der Waals surface area (Å²) in [7, 11) is 1.94. The molecule has 0 aliphatic rings. The lowest BCUT2D eigenvalue weighted by Gasteiger charge is -2.17. The Balaban J connectivity index is 1.51. The maximum absolute atomic E-state index is 12.8. The number of benzene rings is 2. The van der Waals surface area contributed by atoms with Gasteiger partial charge in [-0.3, -0.25) is 4.90 Å². The topological polar surface area (TPSA) is 64.7 Å². The van der Waals surface area contributed by atoms with E-state index < -0.39 is 11.7 Å². The Hall–Kier alpha value is -3.53. The second-order valence-corrected chi connectivity index (χ2v) is 7.62. The summed E-state index contributed by atoms with van der Waals surface area (Å²) >= 11 is 0. The molecule has 0 radical (unpaired) electrons. The molecule has 32 heavy (non-hydrogen) atoms. The van der Waals surface area contributed by atoms with Crippen LogP contribution in [0.2, 0.25) is 0 Å². The average molecular weight is 441 g/mol. The van der Waals surface area contributed by atoms with E-state index >= 15 is 0 Å². The van der Waals surface area contributed by atoms with Crippen LogP contribution in [0.3, 0.4) is 0 Å². The number of nitrogens with zero attached hydrogens (tertiary/aromatic N) is 7. The van der Waals surface area contributed by atoms with Gasteiger partial charge in [0.25, 0.3) is 0 Å². The summed E-state index contributed by atoms with van der Waals surface area (Å²) in [6.45, 7) is 5.03. The van der Waals surface area contributed by atoms with Gasteiger partial charge in [-0.25, -0.2) is 4.68 Å². The maximum atomic E-state index is 12.8. The fourth-order valence-corrected chi connectivity index (χ4v) is 3.59. The molecule has 0 N–H and O–H groups in total. The molecule has 166 valence electrons. The van der Waals surface area contributed by atoms with Gasteiger partial charge in [0.15, 0.2) is 5.82 Å². The average Bonchev–Trinajstić information content (AvgIpc) is 3.33. The van der Waals surface area contributed by atoms with E-state index in [4.69, 9.17) is 0 Å². The van der Waals surface area contributed by atoms with Gasteiger partial charge in [-0.2, -0.15) is 23.0 Å². The quantitative estimate of drug-likeness (QED) is 0.451. The Morgan fingerprint density at radius 1 is 0.875 bits per heavy atom. The third-order valence-electron chi connectivity index (χ3n) is 5.25. The summed E-state index contributed by atoms with van der Waals surface area (Å²) in [4.78, 5) is 2.04. The number of para-hydroxylation sites is 1. The summed E-state index contributed by atoms with van der Waals surface area (Å²) < 4.78 is 41.9. The molecule has 0 spiro atoms. The fraction of sp³-hybridized carbons (Fsp3) is 0.273. The van der Waals surface area contributed by atoms with Gasteiger partial charge in [0.2, 0.25) is 0 Å². The summed E-state index contributed by atoms with van der Waals surface area (Å²) in [5.41, 5.74) is 3.83. The largest absolute Gasteiger partial charge is 0.416 e. The van der Waals surface area contributed by atoms with Crippen LogP contribution in [-0.4, -0.2) is 41.9 Å². The second-order valence-electron chi connectivity index (χ2n) is 7.62. The van der Waals surface area contributed by atoms with Gasteiger partial charge in [0, 0.05) is 17.8 Å². The fourth-order valence-electron chi connectivity index (χ4n) is 3.59. The smallest absolute Gasteiger partial charge is 0.295 e. The second kappa shape index (κ2) is 8.54. The molecule has 0 fully saturated rings. The Morgan fingerprint density at radius 2 is 1.53 bits per heavy atom. The number of hydrogen-bond acceptors (Lipinski definition) is 5. The van der Waals surface area contributed by atoms with Crippen LogP contribution in [0, 0.1) is 13.8 Å². The molecule has 0 amide bonds. The first kappa shape index (κ1) is 21.7. The Bertz CT molecular complexity index is 1190. The van der Waals surface area contributed by atoms with Crippen LogP contribution < -0.4 is 0 Å². The molecule has 10 heteroatoms. The predicted molar refractivity (Wildman–Crippen MR) is 112 cm³/mol. The van der Waals surface area contributed by atoms with Crippen molar-refractivity contribution in [1.29, 1.82) is 0 Å². The highest BCUT2D eigenvalue weighted by molar-refractivity contribution is 5.37. The molecule has 0 saturated carbocycles. The number of aryl methyl sites for hydroxylation is 1. The minimum Gasteiger partial charge on any atom is -0.295 e. The molecule has 0 aliphatic carbocycles. The van der Waals surface area contributed by atoms with Crippen molar-refractivity contribution < 1.29 is 13.2 Å². The molecule has 2 heterocycles. The van der Waals surface area contributed by atoms with Crippen molar-refractivity contribution in [2.45, 2.75) is 33.1 Å². The summed E-state index contributed by atoms with van der Waals surface area (Å²) in [6.07, 6.45) is -4.39. The number of aromatic nitrogens is 6. The van der Waals surface area contributed by atoms with Crippen molar-refractivity contribution in [2.24, 2.45) is 0 Å². The van der Waals surface area contributed by atoms with E-state index in [2.05, 4.69) is 20.6 Å². The molecule has 2 aromatic heterocycles. The van der Waals surface area contributed by atoms with Crippen LogP contribution in [0.4, 0.5) is 13.2 Å². The highest BCUT2D eigenvalue weighted by Crippen LogP contribution is 2.29. The minimum atomic E-state index is -4.39. The molecule has 4 rings (SSSR count). The zero-order valence-corrected chi connectivity index (χ0v) is 17.9. The first-order valence-corrected chi connectivity index (χ1v) is 9.98. The molecule has 0 bridgehead atoms. The molecule has 0 unspecified atom stereocenters. The normalized spacial score (nSPS) is 12.0. The highest BCUT2D eigenvalue weighted by Gasteiger charge is 2.30. The van der Waals surface area contributed by atoms with Crippen molar-refractivity contribution in [3.8, 4) is 11.4 Å². The van der Waals surface area contributed by atoms with Crippen LogP contribution >= 0.6 is 0 Å². The molecule has 0 atom stereocenters. The summed E-state index contributed by atoms with van der Waals surface area (Å²) in [5.74, 6) is 0.526. The van der Waals surface area contributed by atoms with Crippen molar-refractivity contribution in [2.75, 3.05) is 7.05 Å². The highest BCUT2D eigenvalue weighted by atomic mass is 19.4. The van der Waals surface area contributed by atoms with Crippen LogP contribution in [0.5, 0.6) is 0 Å². The van der Waals surface area contributed by atoms with E-state index in [0.29, 0.717) is 24.6 Å². The molecule has 0 saturated heterocycles. The Labute approximate surface area is 183 Å². The van der Waals surface area contributed by atoms with E-state index in [0.717, 1.165) is 34.8 Å². The first-order chi connectivity index (χ1) is 15.2. The first-order valence-electron chi connectivity index (χ1n) is 9.98. The van der Waals surface area contributed by atoms with Gasteiger partial charge in [0.05, 0.1) is 29.2 Å². The van der Waals surface area contributed by atoms with Crippen molar-refractivity contribution in [1.82, 2.24) is 34.9 Å². The number of halogens is 3. The lowest BCUT2D eigenvalue weighted by atomic mass is 10.2. The van der Waals surface area contributed by atoms with E-state index in [9.17, 15) is 13.2 Å². The van der Waals surface area contributed by atoms with Crippen LogP contribution in [0.25, 0.3) is 11.4 Å². The van der Waals surface area contributed by atoms with Crippen LogP contribution in [0.15, 0.2) is 54.6 Å². The molecule has 2 aromatic carbocycles. The van der Waals surface area contributed by atoms with E-state index in [1.165, 1.54) is 16.8 Å². The Morgan fingerprint density at radius 3 is 2.19 bits per heavy atom. The van der Waals surface area contributed by atoms with Crippen LogP contribution in [0.1, 0.15) is 28.3 Å². The van der Waals surface area contributed by atoms with Crippen molar-refractivity contribution in [3.63, 3.8) is 0 Å². The molecular weight excluding hydrogens is 419 g/mol. The number of hydrogen-bond donors (Lipinski definition) is 0. The SMILES string of the molecule is Cc1nn(-c2ccccc2)c(C)c1CN(C)Cc1nnnn1-c1ccc(C(F)(F)F)cc1. The van der Waals surface area contributed by atoms with Gasteiger partial charge < -0.3 is 0 Å². The Kier molecular flexibility index (Phi) is 5.79. The maximum Gasteiger partial charge on any atom is 0.416 e.